The van der Waals surface area contributed by atoms with Crippen molar-refractivity contribution in [3.8, 4) is 0 Å². The van der Waals surface area contributed by atoms with Crippen molar-refractivity contribution in [1.29, 1.82) is 0 Å². The number of rotatable bonds is 5. The number of ether oxygens (including phenoxy) is 2. The molecule has 94 valence electrons. The summed E-state index contributed by atoms with van der Waals surface area (Å²) in [4.78, 5) is 11.3. The quantitative estimate of drug-likeness (QED) is 0.723. The molecule has 4 nitrogen and oxygen atoms in total. The van der Waals surface area contributed by atoms with Gasteiger partial charge in [-0.1, -0.05) is 13.8 Å². The lowest BCUT2D eigenvalue weighted by Crippen LogP contribution is -2.61. The van der Waals surface area contributed by atoms with Crippen LogP contribution in [0.2, 0.25) is 0 Å². The number of hydrogen-bond donors (Lipinski definition) is 1. The van der Waals surface area contributed by atoms with E-state index in [-0.39, 0.29) is 30.1 Å². The summed E-state index contributed by atoms with van der Waals surface area (Å²) < 4.78 is 10.4. The van der Waals surface area contributed by atoms with Gasteiger partial charge in [-0.05, 0) is 20.3 Å². The van der Waals surface area contributed by atoms with E-state index in [9.17, 15) is 4.79 Å². The number of nitrogens with one attached hydrogen (secondary N) is 1. The summed E-state index contributed by atoms with van der Waals surface area (Å²) in [5.74, 6) is -0.188. The van der Waals surface area contributed by atoms with Crippen molar-refractivity contribution in [1.82, 2.24) is 5.32 Å². The Hall–Kier alpha value is -0.610. The molecule has 1 rings (SSSR count). The van der Waals surface area contributed by atoms with Gasteiger partial charge in [-0.2, -0.15) is 0 Å². The molecule has 0 saturated heterocycles. The number of esters is 1. The largest absolute Gasteiger partial charge is 0.462 e. The molecule has 0 aromatic carbocycles. The zero-order valence-electron chi connectivity index (χ0n) is 10.9. The van der Waals surface area contributed by atoms with E-state index in [1.807, 2.05) is 13.8 Å². The topological polar surface area (TPSA) is 47.6 Å². The van der Waals surface area contributed by atoms with Crippen LogP contribution in [0.3, 0.4) is 0 Å². The Balaban J connectivity index is 2.28. The fraction of sp³-hybridized carbons (Fsp3) is 0.917. The second-order valence-corrected chi connectivity index (χ2v) is 5.25. The van der Waals surface area contributed by atoms with Crippen LogP contribution in [0, 0.1) is 5.41 Å². The number of hydrogen-bond acceptors (Lipinski definition) is 4. The van der Waals surface area contributed by atoms with Crippen molar-refractivity contribution in [3.05, 3.63) is 0 Å². The number of methoxy groups -OCH3 is 1. The Bertz CT molecular complexity index is 251. The van der Waals surface area contributed by atoms with Gasteiger partial charge in [0.05, 0.1) is 18.8 Å². The van der Waals surface area contributed by atoms with Gasteiger partial charge in [-0.3, -0.25) is 4.79 Å². The van der Waals surface area contributed by atoms with Crippen LogP contribution in [0.25, 0.3) is 0 Å². The Kier molecular flexibility index (Phi) is 4.33. The molecule has 0 aliphatic heterocycles. The second-order valence-electron chi connectivity index (χ2n) is 5.25. The molecule has 1 N–H and O–H groups in total. The zero-order chi connectivity index (χ0) is 12.3. The van der Waals surface area contributed by atoms with Crippen LogP contribution >= 0.6 is 0 Å². The molecule has 0 aromatic heterocycles. The van der Waals surface area contributed by atoms with Crippen molar-refractivity contribution in [2.75, 3.05) is 13.7 Å². The third kappa shape index (κ3) is 2.95. The predicted octanol–water partition coefficient (Wildman–Crippen LogP) is 1.34. The van der Waals surface area contributed by atoms with Crippen LogP contribution in [0.15, 0.2) is 0 Å². The summed E-state index contributed by atoms with van der Waals surface area (Å²) in [6.45, 7) is 8.28. The highest BCUT2D eigenvalue weighted by atomic mass is 16.5. The first-order valence-electron chi connectivity index (χ1n) is 5.83. The SMILES string of the molecule is COC1CC(NCC(=O)OC(C)C)C1(C)C. The molecular formula is C12H23NO3. The maximum atomic E-state index is 11.3. The van der Waals surface area contributed by atoms with Crippen molar-refractivity contribution < 1.29 is 14.3 Å². The molecule has 2 atom stereocenters. The standard InChI is InChI=1S/C12H23NO3/c1-8(2)16-11(14)7-13-9-6-10(15-5)12(9,3)4/h8-10,13H,6-7H2,1-5H3. The van der Waals surface area contributed by atoms with Crippen molar-refractivity contribution >= 4 is 5.97 Å². The summed E-state index contributed by atoms with van der Waals surface area (Å²) in [6, 6.07) is 0.331. The highest BCUT2D eigenvalue weighted by Gasteiger charge is 2.48. The maximum Gasteiger partial charge on any atom is 0.320 e. The monoisotopic (exact) mass is 229 g/mol. The molecule has 0 amide bonds. The molecule has 0 heterocycles. The summed E-state index contributed by atoms with van der Waals surface area (Å²) in [5, 5.41) is 3.22. The fourth-order valence-electron chi connectivity index (χ4n) is 2.14. The number of carbonyl (C=O) groups excluding carboxylic acids is 1. The molecule has 0 aromatic rings. The van der Waals surface area contributed by atoms with Gasteiger partial charge in [-0.15, -0.1) is 0 Å². The summed E-state index contributed by atoms with van der Waals surface area (Å²) in [6.07, 6.45) is 1.19. The smallest absolute Gasteiger partial charge is 0.320 e. The van der Waals surface area contributed by atoms with E-state index in [1.165, 1.54) is 0 Å². The Morgan fingerprint density at radius 1 is 1.50 bits per heavy atom. The second kappa shape index (κ2) is 5.15. The molecule has 2 unspecified atom stereocenters. The lowest BCUT2D eigenvalue weighted by atomic mass is 9.64. The summed E-state index contributed by atoms with van der Waals surface area (Å²) >= 11 is 0. The van der Waals surface area contributed by atoms with Gasteiger partial charge < -0.3 is 14.8 Å². The number of carbonyl (C=O) groups is 1. The third-order valence-corrected chi connectivity index (χ3v) is 3.32. The third-order valence-electron chi connectivity index (χ3n) is 3.32. The van der Waals surface area contributed by atoms with Gasteiger partial charge in [0.25, 0.3) is 0 Å². The Labute approximate surface area is 97.7 Å². The predicted molar refractivity (Wildman–Crippen MR) is 62.2 cm³/mol. The van der Waals surface area contributed by atoms with E-state index >= 15 is 0 Å². The van der Waals surface area contributed by atoms with Gasteiger partial charge in [0.2, 0.25) is 0 Å². The van der Waals surface area contributed by atoms with Gasteiger partial charge in [0.1, 0.15) is 0 Å². The fourth-order valence-corrected chi connectivity index (χ4v) is 2.14. The van der Waals surface area contributed by atoms with E-state index in [2.05, 4.69) is 19.2 Å². The lowest BCUT2D eigenvalue weighted by Gasteiger charge is -2.51. The molecule has 0 bridgehead atoms. The molecule has 1 fully saturated rings. The van der Waals surface area contributed by atoms with Crippen LogP contribution in [0.5, 0.6) is 0 Å². The molecule has 0 spiro atoms. The van der Waals surface area contributed by atoms with E-state index < -0.39 is 0 Å². The van der Waals surface area contributed by atoms with Crippen molar-refractivity contribution in [3.63, 3.8) is 0 Å². The minimum Gasteiger partial charge on any atom is -0.462 e. The molecule has 16 heavy (non-hydrogen) atoms. The molecular weight excluding hydrogens is 206 g/mol. The van der Waals surface area contributed by atoms with Crippen LogP contribution in [0.1, 0.15) is 34.1 Å². The molecule has 1 aliphatic carbocycles. The highest BCUT2D eigenvalue weighted by molar-refractivity contribution is 5.71. The van der Waals surface area contributed by atoms with E-state index in [4.69, 9.17) is 9.47 Å². The first-order chi connectivity index (χ1) is 7.37. The van der Waals surface area contributed by atoms with E-state index in [0.717, 1.165) is 6.42 Å². The minimum atomic E-state index is -0.188. The van der Waals surface area contributed by atoms with E-state index in [1.54, 1.807) is 7.11 Å². The van der Waals surface area contributed by atoms with Gasteiger partial charge in [-0.25, -0.2) is 0 Å². The first-order valence-corrected chi connectivity index (χ1v) is 5.83. The average Bonchev–Trinajstić information content (AvgIpc) is 2.15. The molecule has 1 saturated carbocycles. The van der Waals surface area contributed by atoms with Crippen LogP contribution in [-0.2, 0) is 14.3 Å². The van der Waals surface area contributed by atoms with Gasteiger partial charge in [0, 0.05) is 18.6 Å². The molecule has 1 aliphatic rings. The van der Waals surface area contributed by atoms with Gasteiger partial charge in [0.15, 0.2) is 0 Å². The zero-order valence-corrected chi connectivity index (χ0v) is 10.9. The Morgan fingerprint density at radius 2 is 2.12 bits per heavy atom. The summed E-state index contributed by atoms with van der Waals surface area (Å²) in [7, 11) is 1.73. The highest BCUT2D eigenvalue weighted by Crippen LogP contribution is 2.42. The minimum absolute atomic E-state index is 0.0459. The Morgan fingerprint density at radius 3 is 2.56 bits per heavy atom. The molecule has 0 radical (unpaired) electrons. The van der Waals surface area contributed by atoms with Crippen LogP contribution in [-0.4, -0.2) is 37.9 Å². The van der Waals surface area contributed by atoms with Gasteiger partial charge >= 0.3 is 5.97 Å². The molecule has 4 heteroatoms. The average molecular weight is 229 g/mol. The van der Waals surface area contributed by atoms with Crippen LogP contribution in [0.4, 0.5) is 0 Å². The van der Waals surface area contributed by atoms with Crippen molar-refractivity contribution in [2.45, 2.75) is 52.4 Å². The normalized spacial score (nSPS) is 27.6. The maximum absolute atomic E-state index is 11.3. The summed E-state index contributed by atoms with van der Waals surface area (Å²) in [5.41, 5.74) is 0.0901. The first kappa shape index (κ1) is 13.5. The van der Waals surface area contributed by atoms with Crippen molar-refractivity contribution in [2.24, 2.45) is 5.41 Å². The van der Waals surface area contributed by atoms with Crippen LogP contribution < -0.4 is 5.32 Å². The van der Waals surface area contributed by atoms with E-state index in [0.29, 0.717) is 6.04 Å². The lowest BCUT2D eigenvalue weighted by molar-refractivity contribution is -0.148.